The standard InChI is InChI=1S/C12H23ClO/c1-12(2,14-3)9-5-4-6-11(13)10-7-8-10/h10-11H,4-9H2,1-3H3. The normalized spacial score (nSPS) is 19.7. The molecule has 0 aromatic heterocycles. The van der Waals surface area contributed by atoms with Crippen molar-refractivity contribution in [3.8, 4) is 0 Å². The van der Waals surface area contributed by atoms with Gasteiger partial charge < -0.3 is 4.74 Å². The zero-order valence-corrected chi connectivity index (χ0v) is 10.4. The van der Waals surface area contributed by atoms with Crippen molar-refractivity contribution in [1.82, 2.24) is 0 Å². The monoisotopic (exact) mass is 218 g/mol. The Labute approximate surface area is 93.2 Å². The molecule has 84 valence electrons. The first-order chi connectivity index (χ1) is 6.55. The Balaban J connectivity index is 1.98. The maximum atomic E-state index is 6.23. The number of unbranched alkanes of at least 4 members (excludes halogenated alkanes) is 1. The van der Waals surface area contributed by atoms with E-state index in [1.165, 1.54) is 32.1 Å². The van der Waals surface area contributed by atoms with Crippen molar-refractivity contribution in [2.45, 2.75) is 63.4 Å². The molecule has 0 aliphatic heterocycles. The molecule has 0 aromatic carbocycles. The molecule has 1 atom stereocenters. The van der Waals surface area contributed by atoms with E-state index in [2.05, 4.69) is 13.8 Å². The van der Waals surface area contributed by atoms with Crippen LogP contribution in [0.4, 0.5) is 0 Å². The van der Waals surface area contributed by atoms with Crippen molar-refractivity contribution >= 4 is 11.6 Å². The fourth-order valence-corrected chi connectivity index (χ4v) is 2.09. The highest BCUT2D eigenvalue weighted by Crippen LogP contribution is 2.38. The highest BCUT2D eigenvalue weighted by Gasteiger charge is 2.29. The maximum Gasteiger partial charge on any atom is 0.0622 e. The van der Waals surface area contributed by atoms with Crippen molar-refractivity contribution in [1.29, 1.82) is 0 Å². The Morgan fingerprint density at radius 1 is 1.36 bits per heavy atom. The number of ether oxygens (including phenoxy) is 1. The summed E-state index contributed by atoms with van der Waals surface area (Å²) in [4.78, 5) is 0. The van der Waals surface area contributed by atoms with Gasteiger partial charge in [0, 0.05) is 12.5 Å². The molecule has 0 spiro atoms. The molecule has 1 unspecified atom stereocenters. The van der Waals surface area contributed by atoms with E-state index >= 15 is 0 Å². The van der Waals surface area contributed by atoms with E-state index in [1.54, 1.807) is 7.11 Å². The van der Waals surface area contributed by atoms with Crippen LogP contribution in [0.5, 0.6) is 0 Å². The van der Waals surface area contributed by atoms with Gasteiger partial charge in [-0.25, -0.2) is 0 Å². The Kier molecular flexibility index (Phi) is 4.72. The lowest BCUT2D eigenvalue weighted by Crippen LogP contribution is -2.22. The molecule has 1 nitrogen and oxygen atoms in total. The smallest absolute Gasteiger partial charge is 0.0622 e. The number of rotatable bonds is 7. The molecule has 0 heterocycles. The highest BCUT2D eigenvalue weighted by atomic mass is 35.5. The Hall–Kier alpha value is 0.250. The van der Waals surface area contributed by atoms with Gasteiger partial charge in [-0.05, 0) is 45.4 Å². The van der Waals surface area contributed by atoms with Crippen molar-refractivity contribution in [2.75, 3.05) is 7.11 Å². The molecule has 0 N–H and O–H groups in total. The Morgan fingerprint density at radius 3 is 2.50 bits per heavy atom. The molecule has 0 bridgehead atoms. The van der Waals surface area contributed by atoms with Crippen molar-refractivity contribution in [3.63, 3.8) is 0 Å². The lowest BCUT2D eigenvalue weighted by molar-refractivity contribution is 0.0134. The number of hydrogen-bond donors (Lipinski definition) is 0. The topological polar surface area (TPSA) is 9.23 Å². The zero-order chi connectivity index (χ0) is 10.6. The van der Waals surface area contributed by atoms with E-state index in [0.717, 1.165) is 12.3 Å². The van der Waals surface area contributed by atoms with Crippen LogP contribution in [0.2, 0.25) is 0 Å². The van der Waals surface area contributed by atoms with Crippen molar-refractivity contribution < 1.29 is 4.74 Å². The van der Waals surface area contributed by atoms with E-state index in [9.17, 15) is 0 Å². The van der Waals surface area contributed by atoms with Crippen LogP contribution < -0.4 is 0 Å². The van der Waals surface area contributed by atoms with E-state index in [4.69, 9.17) is 16.3 Å². The lowest BCUT2D eigenvalue weighted by Gasteiger charge is -2.22. The number of alkyl halides is 1. The van der Waals surface area contributed by atoms with Crippen LogP contribution in [0.25, 0.3) is 0 Å². The second-order valence-corrected chi connectivity index (χ2v) is 5.62. The first kappa shape index (κ1) is 12.3. The Bertz CT molecular complexity index is 164. The van der Waals surface area contributed by atoms with E-state index < -0.39 is 0 Å². The number of methoxy groups -OCH3 is 1. The van der Waals surface area contributed by atoms with Gasteiger partial charge >= 0.3 is 0 Å². The second kappa shape index (κ2) is 5.37. The summed E-state index contributed by atoms with van der Waals surface area (Å²) in [5.41, 5.74) is 0.0430. The minimum atomic E-state index is 0.0430. The summed E-state index contributed by atoms with van der Waals surface area (Å²) < 4.78 is 5.37. The zero-order valence-electron chi connectivity index (χ0n) is 9.68. The predicted octanol–water partition coefficient (Wildman–Crippen LogP) is 3.99. The van der Waals surface area contributed by atoms with Crippen LogP contribution in [0.15, 0.2) is 0 Å². The summed E-state index contributed by atoms with van der Waals surface area (Å²) in [5, 5.41) is 0.445. The third-order valence-corrected chi connectivity index (χ3v) is 3.77. The van der Waals surface area contributed by atoms with Crippen LogP contribution >= 0.6 is 11.6 Å². The second-order valence-electron chi connectivity index (χ2n) is 5.06. The quantitative estimate of drug-likeness (QED) is 0.464. The predicted molar refractivity (Wildman–Crippen MR) is 61.9 cm³/mol. The van der Waals surface area contributed by atoms with Gasteiger partial charge in [0.25, 0.3) is 0 Å². The van der Waals surface area contributed by atoms with Crippen LogP contribution in [0.3, 0.4) is 0 Å². The summed E-state index contributed by atoms with van der Waals surface area (Å²) in [5.74, 6) is 0.840. The molecule has 2 heteroatoms. The summed E-state index contributed by atoms with van der Waals surface area (Å²) in [6.07, 6.45) is 7.52. The average Bonchev–Trinajstić information content (AvgIpc) is 2.95. The van der Waals surface area contributed by atoms with Gasteiger partial charge in [0.2, 0.25) is 0 Å². The van der Waals surface area contributed by atoms with Crippen molar-refractivity contribution in [2.24, 2.45) is 5.92 Å². The molecular weight excluding hydrogens is 196 g/mol. The molecule has 0 amide bonds. The molecule has 14 heavy (non-hydrogen) atoms. The summed E-state index contributed by atoms with van der Waals surface area (Å²) in [7, 11) is 1.79. The van der Waals surface area contributed by atoms with Crippen LogP contribution in [0, 0.1) is 5.92 Å². The number of hydrogen-bond acceptors (Lipinski definition) is 1. The SMILES string of the molecule is COC(C)(C)CCCCC(Cl)C1CC1. The minimum absolute atomic E-state index is 0.0430. The summed E-state index contributed by atoms with van der Waals surface area (Å²) in [6.45, 7) is 4.29. The highest BCUT2D eigenvalue weighted by molar-refractivity contribution is 6.20. The van der Waals surface area contributed by atoms with Gasteiger partial charge in [-0.2, -0.15) is 0 Å². The van der Waals surface area contributed by atoms with Gasteiger partial charge in [-0.1, -0.05) is 12.8 Å². The molecule has 1 aliphatic carbocycles. The van der Waals surface area contributed by atoms with E-state index in [-0.39, 0.29) is 5.60 Å². The largest absolute Gasteiger partial charge is 0.379 e. The first-order valence-electron chi connectivity index (χ1n) is 5.74. The first-order valence-corrected chi connectivity index (χ1v) is 6.18. The average molecular weight is 219 g/mol. The van der Waals surface area contributed by atoms with Crippen molar-refractivity contribution in [3.05, 3.63) is 0 Å². The fraction of sp³-hybridized carbons (Fsp3) is 1.00. The molecule has 0 aromatic rings. The van der Waals surface area contributed by atoms with Gasteiger partial charge in [0.05, 0.1) is 5.60 Å². The maximum absolute atomic E-state index is 6.23. The van der Waals surface area contributed by atoms with Crippen LogP contribution in [0.1, 0.15) is 52.4 Å². The van der Waals surface area contributed by atoms with Crippen LogP contribution in [-0.4, -0.2) is 18.1 Å². The minimum Gasteiger partial charge on any atom is -0.379 e. The molecule has 1 fully saturated rings. The van der Waals surface area contributed by atoms with E-state index in [1.807, 2.05) is 0 Å². The summed E-state index contributed by atoms with van der Waals surface area (Å²) >= 11 is 6.23. The van der Waals surface area contributed by atoms with Gasteiger partial charge in [0.1, 0.15) is 0 Å². The van der Waals surface area contributed by atoms with E-state index in [0.29, 0.717) is 5.38 Å². The lowest BCUT2D eigenvalue weighted by atomic mass is 9.99. The molecule has 1 saturated carbocycles. The molecule has 0 saturated heterocycles. The molecule has 0 radical (unpaired) electrons. The van der Waals surface area contributed by atoms with Crippen LogP contribution in [-0.2, 0) is 4.74 Å². The van der Waals surface area contributed by atoms with Gasteiger partial charge in [-0.3, -0.25) is 0 Å². The summed E-state index contributed by atoms with van der Waals surface area (Å²) in [6, 6.07) is 0. The fourth-order valence-electron chi connectivity index (χ4n) is 1.69. The third-order valence-electron chi connectivity index (χ3n) is 3.19. The Morgan fingerprint density at radius 2 is 2.00 bits per heavy atom. The molecule has 1 aliphatic rings. The number of halogens is 1. The third kappa shape index (κ3) is 4.65. The van der Waals surface area contributed by atoms with Gasteiger partial charge in [-0.15, -0.1) is 11.6 Å². The molecule has 1 rings (SSSR count). The van der Waals surface area contributed by atoms with Gasteiger partial charge in [0.15, 0.2) is 0 Å². The molecular formula is C12H23ClO.